The monoisotopic (exact) mass is 350 g/mol. The molecule has 2 aromatic carbocycles. The van der Waals surface area contributed by atoms with Gasteiger partial charge in [-0.15, -0.1) is 0 Å². The van der Waals surface area contributed by atoms with Gasteiger partial charge in [-0.1, -0.05) is 54.6 Å². The molecular weight excluding hydrogens is 337 g/mol. The lowest BCUT2D eigenvalue weighted by Gasteiger charge is -2.19. The number of benzene rings is 2. The van der Waals surface area contributed by atoms with Crippen molar-refractivity contribution >= 4 is 10.9 Å². The number of fused-ring (bicyclic) bond motifs is 1. The number of hydrogen-bond acceptors (Lipinski definition) is 2. The van der Waals surface area contributed by atoms with Crippen molar-refractivity contribution in [2.24, 2.45) is 0 Å². The van der Waals surface area contributed by atoms with E-state index in [9.17, 15) is 13.2 Å². The Balaban J connectivity index is 2.20. The topological polar surface area (TPSA) is 25.8 Å². The molecule has 4 rings (SSSR count). The van der Waals surface area contributed by atoms with E-state index < -0.39 is 11.7 Å². The molecule has 0 radical (unpaired) electrons. The standard InChI is InChI=1S/C21H13F3N2/c22-21(23,24)19-15-10-4-5-11-16(15)26-20(14-8-2-1-3-9-14)18(19)17-12-6-7-13-25-17/h1-13H. The number of aromatic nitrogens is 2. The van der Waals surface area contributed by atoms with Gasteiger partial charge in [-0.25, -0.2) is 4.98 Å². The normalized spacial score (nSPS) is 11.7. The fourth-order valence-corrected chi connectivity index (χ4v) is 3.07. The number of pyridine rings is 2. The lowest BCUT2D eigenvalue weighted by Crippen LogP contribution is -2.11. The fourth-order valence-electron chi connectivity index (χ4n) is 3.07. The van der Waals surface area contributed by atoms with E-state index in [0.29, 0.717) is 11.1 Å². The van der Waals surface area contributed by atoms with Crippen molar-refractivity contribution in [1.29, 1.82) is 0 Å². The van der Waals surface area contributed by atoms with Gasteiger partial charge in [0.05, 0.1) is 22.5 Å². The van der Waals surface area contributed by atoms with Gasteiger partial charge in [0, 0.05) is 22.7 Å². The van der Waals surface area contributed by atoms with Gasteiger partial charge in [0.1, 0.15) is 0 Å². The third kappa shape index (κ3) is 2.81. The number of hydrogen-bond donors (Lipinski definition) is 0. The highest BCUT2D eigenvalue weighted by Gasteiger charge is 2.38. The number of rotatable bonds is 2. The molecule has 2 nitrogen and oxygen atoms in total. The van der Waals surface area contributed by atoms with Crippen molar-refractivity contribution in [3.63, 3.8) is 0 Å². The summed E-state index contributed by atoms with van der Waals surface area (Å²) in [7, 11) is 0. The van der Waals surface area contributed by atoms with Gasteiger partial charge in [-0.05, 0) is 18.2 Å². The molecule has 26 heavy (non-hydrogen) atoms. The SMILES string of the molecule is FC(F)(F)c1c(-c2ccccn2)c(-c2ccccc2)nc2ccccc12. The minimum atomic E-state index is -4.54. The summed E-state index contributed by atoms with van der Waals surface area (Å²) in [5, 5.41) is 0.0698. The van der Waals surface area contributed by atoms with E-state index in [1.54, 1.807) is 60.7 Å². The third-order valence-electron chi connectivity index (χ3n) is 4.14. The molecule has 0 atom stereocenters. The first-order valence-electron chi connectivity index (χ1n) is 8.02. The second-order valence-electron chi connectivity index (χ2n) is 5.81. The summed E-state index contributed by atoms with van der Waals surface area (Å²) in [6, 6.07) is 20.1. The number of nitrogens with zero attached hydrogens (tertiary/aromatic N) is 2. The average Bonchev–Trinajstić information content (AvgIpc) is 2.67. The molecule has 4 aromatic rings. The van der Waals surface area contributed by atoms with Gasteiger partial charge in [0.2, 0.25) is 0 Å². The molecule has 2 heterocycles. The summed E-state index contributed by atoms with van der Waals surface area (Å²) in [6.45, 7) is 0. The Bertz CT molecular complexity index is 1060. The van der Waals surface area contributed by atoms with E-state index in [1.165, 1.54) is 12.3 Å². The van der Waals surface area contributed by atoms with E-state index in [2.05, 4.69) is 9.97 Å². The zero-order valence-corrected chi connectivity index (χ0v) is 13.5. The van der Waals surface area contributed by atoms with Gasteiger partial charge in [0.15, 0.2) is 0 Å². The van der Waals surface area contributed by atoms with Crippen LogP contribution in [0.3, 0.4) is 0 Å². The number of alkyl halides is 3. The molecule has 0 amide bonds. The van der Waals surface area contributed by atoms with Crippen LogP contribution in [0.5, 0.6) is 0 Å². The summed E-state index contributed by atoms with van der Waals surface area (Å²) in [5.41, 5.74) is 0.735. The lowest BCUT2D eigenvalue weighted by atomic mass is 9.94. The Labute approximate surface area is 148 Å². The van der Waals surface area contributed by atoms with E-state index >= 15 is 0 Å². The Kier molecular flexibility index (Phi) is 3.92. The molecule has 0 fully saturated rings. The first kappa shape index (κ1) is 16.3. The predicted molar refractivity (Wildman–Crippen MR) is 95.4 cm³/mol. The lowest BCUT2D eigenvalue weighted by molar-refractivity contribution is -0.135. The Morgan fingerprint density at radius 1 is 0.731 bits per heavy atom. The van der Waals surface area contributed by atoms with Gasteiger partial charge in [-0.3, -0.25) is 4.98 Å². The average molecular weight is 350 g/mol. The maximum atomic E-state index is 14.1. The van der Waals surface area contributed by atoms with Crippen molar-refractivity contribution in [1.82, 2.24) is 9.97 Å². The minimum absolute atomic E-state index is 0.00278. The maximum absolute atomic E-state index is 14.1. The van der Waals surface area contributed by atoms with Crippen molar-refractivity contribution in [3.8, 4) is 22.5 Å². The Morgan fingerprint density at radius 2 is 1.42 bits per heavy atom. The highest BCUT2D eigenvalue weighted by Crippen LogP contribution is 2.44. The van der Waals surface area contributed by atoms with Crippen molar-refractivity contribution in [3.05, 3.63) is 84.6 Å². The first-order valence-corrected chi connectivity index (χ1v) is 8.02. The summed E-state index contributed by atoms with van der Waals surface area (Å²) in [6.07, 6.45) is -3.06. The molecule has 0 aliphatic carbocycles. The molecule has 0 aliphatic heterocycles. The van der Waals surface area contributed by atoms with Crippen LogP contribution in [0.25, 0.3) is 33.4 Å². The van der Waals surface area contributed by atoms with Crippen LogP contribution in [0.1, 0.15) is 5.56 Å². The summed E-state index contributed by atoms with van der Waals surface area (Å²) < 4.78 is 42.3. The molecule has 0 aliphatic rings. The molecule has 0 saturated carbocycles. The molecule has 0 bridgehead atoms. The van der Waals surface area contributed by atoms with E-state index in [-0.39, 0.29) is 22.3 Å². The zero-order valence-electron chi connectivity index (χ0n) is 13.5. The first-order chi connectivity index (χ1) is 12.6. The van der Waals surface area contributed by atoms with Crippen LogP contribution in [0.4, 0.5) is 13.2 Å². The fraction of sp³-hybridized carbons (Fsp3) is 0.0476. The van der Waals surface area contributed by atoms with Gasteiger partial charge < -0.3 is 0 Å². The summed E-state index contributed by atoms with van der Waals surface area (Å²) in [4.78, 5) is 8.73. The largest absolute Gasteiger partial charge is 0.417 e. The van der Waals surface area contributed by atoms with Gasteiger partial charge in [0.25, 0.3) is 0 Å². The summed E-state index contributed by atoms with van der Waals surface area (Å²) in [5.74, 6) is 0. The number of halogens is 3. The quantitative estimate of drug-likeness (QED) is 0.444. The van der Waals surface area contributed by atoms with Crippen LogP contribution >= 0.6 is 0 Å². The third-order valence-corrected chi connectivity index (χ3v) is 4.14. The maximum Gasteiger partial charge on any atom is 0.417 e. The molecule has 2 aromatic heterocycles. The highest BCUT2D eigenvalue weighted by atomic mass is 19.4. The molecule has 5 heteroatoms. The van der Waals surface area contributed by atoms with Gasteiger partial charge >= 0.3 is 6.18 Å². The van der Waals surface area contributed by atoms with Crippen LogP contribution in [-0.2, 0) is 6.18 Å². The second-order valence-corrected chi connectivity index (χ2v) is 5.81. The van der Waals surface area contributed by atoms with E-state index in [0.717, 1.165) is 0 Å². The van der Waals surface area contributed by atoms with Crippen LogP contribution in [0.2, 0.25) is 0 Å². The van der Waals surface area contributed by atoms with Crippen LogP contribution < -0.4 is 0 Å². The molecule has 0 unspecified atom stereocenters. The Hall–Kier alpha value is -3.21. The molecule has 0 spiro atoms. The highest BCUT2D eigenvalue weighted by molar-refractivity contribution is 5.95. The van der Waals surface area contributed by atoms with Crippen LogP contribution in [0, 0.1) is 0 Å². The molecule has 0 N–H and O–H groups in total. The van der Waals surface area contributed by atoms with Gasteiger partial charge in [-0.2, -0.15) is 13.2 Å². The number of para-hydroxylation sites is 1. The minimum Gasteiger partial charge on any atom is -0.256 e. The molecule has 0 saturated heterocycles. The summed E-state index contributed by atoms with van der Waals surface area (Å²) >= 11 is 0. The zero-order chi connectivity index (χ0) is 18.1. The second kappa shape index (κ2) is 6.26. The predicted octanol–water partition coefficient (Wildman–Crippen LogP) is 5.98. The van der Waals surface area contributed by atoms with E-state index in [1.807, 2.05) is 6.07 Å². The van der Waals surface area contributed by atoms with Crippen molar-refractivity contribution < 1.29 is 13.2 Å². The van der Waals surface area contributed by atoms with Crippen molar-refractivity contribution in [2.45, 2.75) is 6.18 Å². The molecule has 128 valence electrons. The Morgan fingerprint density at radius 3 is 2.12 bits per heavy atom. The van der Waals surface area contributed by atoms with Crippen LogP contribution in [0.15, 0.2) is 79.0 Å². The van der Waals surface area contributed by atoms with E-state index in [4.69, 9.17) is 0 Å². The molecular formula is C21H13F3N2. The van der Waals surface area contributed by atoms with Crippen molar-refractivity contribution in [2.75, 3.05) is 0 Å². The van der Waals surface area contributed by atoms with Crippen LogP contribution in [-0.4, -0.2) is 9.97 Å². The smallest absolute Gasteiger partial charge is 0.256 e.